The third-order valence-electron chi connectivity index (χ3n) is 2.10. The van der Waals surface area contributed by atoms with Crippen LogP contribution < -0.4 is 0 Å². The number of unbranched alkanes of at least 4 members (excludes halogenated alkanes) is 2. The Balaban J connectivity index is 4.00. The van der Waals surface area contributed by atoms with Gasteiger partial charge in [-0.25, -0.2) is 0 Å². The van der Waals surface area contributed by atoms with Crippen molar-refractivity contribution in [1.82, 2.24) is 0 Å². The lowest BCUT2D eigenvalue weighted by Gasteiger charge is -2.13. The lowest BCUT2D eigenvalue weighted by atomic mass is 10.3. The first kappa shape index (κ1) is 12.1. The second-order valence-corrected chi connectivity index (χ2v) is 7.62. The van der Waals surface area contributed by atoms with Crippen LogP contribution >= 0.6 is 0 Å². The molecule has 0 amide bonds. The van der Waals surface area contributed by atoms with Crippen LogP contribution in [-0.2, 0) is 0 Å². The van der Waals surface area contributed by atoms with E-state index in [0.29, 0.717) is 0 Å². The summed E-state index contributed by atoms with van der Waals surface area (Å²) in [6, 6.07) is 0. The molecule has 1 radical (unpaired) electrons. The summed E-state index contributed by atoms with van der Waals surface area (Å²) in [6.07, 6.45) is 3.85. The first-order chi connectivity index (χ1) is 5.59. The van der Waals surface area contributed by atoms with Crippen molar-refractivity contribution in [1.29, 1.82) is 0 Å². The number of rotatable bonds is 5. The second kappa shape index (κ2) is 6.59. The van der Waals surface area contributed by atoms with Crippen LogP contribution in [0.2, 0.25) is 11.1 Å². The molecule has 0 aliphatic carbocycles. The molecule has 0 bridgehead atoms. The summed E-state index contributed by atoms with van der Waals surface area (Å²) in [5.41, 5.74) is 5.43. The zero-order valence-corrected chi connectivity index (χ0v) is 10.3. The van der Waals surface area contributed by atoms with Gasteiger partial charge in [-0.3, -0.25) is 0 Å². The molecule has 0 spiro atoms. The highest BCUT2D eigenvalue weighted by atomic mass is 28.2. The molecule has 0 rings (SSSR count). The first-order valence-electron chi connectivity index (χ1n) is 5.20. The maximum Gasteiger partial charge on any atom is 0.0192 e. The molecule has 0 heterocycles. The Morgan fingerprint density at radius 3 is 1.92 bits per heavy atom. The fraction of sp³-hybridized carbons (Fsp3) is 0.909. The van der Waals surface area contributed by atoms with Crippen LogP contribution in [0.15, 0.2) is 0 Å². The Labute approximate surface area is 79.6 Å². The molecule has 0 nitrogen and oxygen atoms in total. The average molecular weight is 183 g/mol. The first-order valence-corrected chi connectivity index (χ1v) is 6.85. The molecule has 1 heteroatoms. The molecule has 0 aliphatic heterocycles. The van der Waals surface area contributed by atoms with E-state index in [4.69, 9.17) is 0 Å². The lowest BCUT2D eigenvalue weighted by molar-refractivity contribution is 0.844. The van der Waals surface area contributed by atoms with Crippen molar-refractivity contribution in [2.24, 2.45) is 0 Å². The second-order valence-electron chi connectivity index (χ2n) is 4.05. The molecule has 0 aromatic heterocycles. The van der Waals surface area contributed by atoms with Crippen molar-refractivity contribution in [3.8, 4) is 0 Å². The normalized spacial score (nSPS) is 10.9. The Hall–Kier alpha value is 0.0869. The molecular formula is C11H23Si. The Bertz CT molecular complexity index is 124. The SMILES string of the molecule is CCCC[C]=[Si](C(C)C)C(C)C. The molecule has 0 fully saturated rings. The van der Waals surface area contributed by atoms with Crippen LogP contribution in [0.1, 0.15) is 53.9 Å². The largest absolute Gasteiger partial charge is 0.0691 e. The third kappa shape index (κ3) is 4.86. The van der Waals surface area contributed by atoms with Crippen molar-refractivity contribution in [3.05, 3.63) is 0 Å². The van der Waals surface area contributed by atoms with E-state index in [0.717, 1.165) is 11.1 Å². The molecule has 0 saturated heterocycles. The van der Waals surface area contributed by atoms with E-state index in [1.165, 1.54) is 19.3 Å². The zero-order valence-electron chi connectivity index (χ0n) is 9.28. The van der Waals surface area contributed by atoms with Gasteiger partial charge in [-0.2, -0.15) is 0 Å². The van der Waals surface area contributed by atoms with Gasteiger partial charge in [0.25, 0.3) is 0 Å². The summed E-state index contributed by atoms with van der Waals surface area (Å²) < 4.78 is 0. The van der Waals surface area contributed by atoms with Crippen molar-refractivity contribution in [2.75, 3.05) is 0 Å². The van der Waals surface area contributed by atoms with E-state index < -0.39 is 0 Å². The molecule has 12 heavy (non-hydrogen) atoms. The minimum atomic E-state index is -0.301. The molecule has 0 N–H and O–H groups in total. The topological polar surface area (TPSA) is 0 Å². The van der Waals surface area contributed by atoms with E-state index in [1.807, 2.05) is 0 Å². The van der Waals surface area contributed by atoms with Gasteiger partial charge in [0.05, 0.1) is 0 Å². The van der Waals surface area contributed by atoms with E-state index >= 15 is 0 Å². The molecule has 0 atom stereocenters. The van der Waals surface area contributed by atoms with Crippen molar-refractivity contribution < 1.29 is 0 Å². The van der Waals surface area contributed by atoms with Gasteiger partial charge in [-0.05, 0) is 23.9 Å². The quantitative estimate of drug-likeness (QED) is 0.450. The van der Waals surface area contributed by atoms with Gasteiger partial charge >= 0.3 is 0 Å². The summed E-state index contributed by atoms with van der Waals surface area (Å²) >= 11 is 0. The maximum absolute atomic E-state index is 3.72. The molecule has 0 aromatic rings. The fourth-order valence-electron chi connectivity index (χ4n) is 1.48. The highest BCUT2D eigenvalue weighted by Gasteiger charge is 2.08. The molecule has 0 aliphatic rings. The molecule has 0 aromatic carbocycles. The zero-order chi connectivity index (χ0) is 9.56. The van der Waals surface area contributed by atoms with Crippen LogP contribution in [0.4, 0.5) is 0 Å². The highest BCUT2D eigenvalue weighted by Crippen LogP contribution is 2.14. The van der Waals surface area contributed by atoms with Crippen molar-refractivity contribution >= 4 is 14.1 Å². The van der Waals surface area contributed by atoms with Gasteiger partial charge in [-0.1, -0.05) is 46.7 Å². The van der Waals surface area contributed by atoms with Crippen LogP contribution in [0, 0.1) is 0 Å². The van der Waals surface area contributed by atoms with Gasteiger partial charge in [-0.15, -0.1) is 0 Å². The van der Waals surface area contributed by atoms with Crippen LogP contribution in [0.5, 0.6) is 0 Å². The van der Waals surface area contributed by atoms with Gasteiger partial charge < -0.3 is 0 Å². The molecular weight excluding hydrogens is 160 g/mol. The Kier molecular flexibility index (Phi) is 6.63. The summed E-state index contributed by atoms with van der Waals surface area (Å²) in [7, 11) is -0.301. The molecule has 0 saturated carbocycles. The predicted molar refractivity (Wildman–Crippen MR) is 60.5 cm³/mol. The van der Waals surface area contributed by atoms with Crippen molar-refractivity contribution in [2.45, 2.75) is 65.0 Å². The average Bonchev–Trinajstić information content (AvgIpc) is 1.96. The highest BCUT2D eigenvalue weighted by molar-refractivity contribution is 6.68. The minimum Gasteiger partial charge on any atom is -0.0691 e. The maximum atomic E-state index is 3.72. The van der Waals surface area contributed by atoms with Gasteiger partial charge in [0, 0.05) is 8.41 Å². The standard InChI is InChI=1S/C11H23Si/c1-6-7-8-9-12(10(2)3)11(4)5/h10-11H,6-8H2,1-5H3. The minimum absolute atomic E-state index is 0.301. The fourth-order valence-corrected chi connectivity index (χ4v) is 4.10. The smallest absolute Gasteiger partial charge is 0.0192 e. The van der Waals surface area contributed by atoms with E-state index in [2.05, 4.69) is 40.3 Å². The summed E-state index contributed by atoms with van der Waals surface area (Å²) in [5.74, 6) is 0. The van der Waals surface area contributed by atoms with E-state index in [1.54, 1.807) is 0 Å². The van der Waals surface area contributed by atoms with Crippen molar-refractivity contribution in [3.63, 3.8) is 0 Å². The van der Waals surface area contributed by atoms with Gasteiger partial charge in [0.1, 0.15) is 0 Å². The van der Waals surface area contributed by atoms with E-state index in [9.17, 15) is 0 Å². The molecule has 71 valence electrons. The lowest BCUT2D eigenvalue weighted by Crippen LogP contribution is -2.13. The summed E-state index contributed by atoms with van der Waals surface area (Å²) in [4.78, 5) is 0. The summed E-state index contributed by atoms with van der Waals surface area (Å²) in [5, 5.41) is 0. The Morgan fingerprint density at radius 1 is 1.08 bits per heavy atom. The van der Waals surface area contributed by atoms with Gasteiger partial charge in [0.15, 0.2) is 0 Å². The van der Waals surface area contributed by atoms with E-state index in [-0.39, 0.29) is 8.41 Å². The van der Waals surface area contributed by atoms with Crippen LogP contribution in [0.3, 0.4) is 0 Å². The Morgan fingerprint density at radius 2 is 1.58 bits per heavy atom. The third-order valence-corrected chi connectivity index (χ3v) is 5.25. The number of hydrogen-bond acceptors (Lipinski definition) is 0. The number of hydrogen-bond donors (Lipinski definition) is 0. The predicted octanol–water partition coefficient (Wildman–Crippen LogP) is 3.75. The van der Waals surface area contributed by atoms with Crippen LogP contribution in [-0.4, -0.2) is 14.1 Å². The van der Waals surface area contributed by atoms with Gasteiger partial charge in [0.2, 0.25) is 0 Å². The molecule has 0 unspecified atom stereocenters. The van der Waals surface area contributed by atoms with Crippen LogP contribution in [0.25, 0.3) is 0 Å². The summed E-state index contributed by atoms with van der Waals surface area (Å²) in [6.45, 7) is 11.6. The monoisotopic (exact) mass is 183 g/mol.